The van der Waals surface area contributed by atoms with Crippen molar-refractivity contribution in [2.75, 3.05) is 18.9 Å². The van der Waals surface area contributed by atoms with Crippen LogP contribution in [0.25, 0.3) is 0 Å². The van der Waals surface area contributed by atoms with E-state index in [9.17, 15) is 9.90 Å². The van der Waals surface area contributed by atoms with Crippen molar-refractivity contribution in [1.82, 2.24) is 5.32 Å². The fourth-order valence-electron chi connectivity index (χ4n) is 1.81. The number of phenols is 1. The van der Waals surface area contributed by atoms with Gasteiger partial charge in [0.2, 0.25) is 5.91 Å². The van der Waals surface area contributed by atoms with Gasteiger partial charge in [0, 0.05) is 18.0 Å². The van der Waals surface area contributed by atoms with Crippen LogP contribution in [0.5, 0.6) is 5.75 Å². The van der Waals surface area contributed by atoms with Crippen molar-refractivity contribution in [2.24, 2.45) is 0 Å². The van der Waals surface area contributed by atoms with Crippen LogP contribution < -0.4 is 5.32 Å². The molecule has 1 unspecified atom stereocenters. The van der Waals surface area contributed by atoms with Crippen LogP contribution in [0.2, 0.25) is 0 Å². The zero-order valence-corrected chi connectivity index (χ0v) is 10.9. The van der Waals surface area contributed by atoms with Crippen LogP contribution in [0.1, 0.15) is 12.8 Å². The van der Waals surface area contributed by atoms with Crippen LogP contribution in [0.4, 0.5) is 0 Å². The predicted molar refractivity (Wildman–Crippen MR) is 70.8 cm³/mol. The van der Waals surface area contributed by atoms with Gasteiger partial charge in [-0.1, -0.05) is 6.07 Å². The van der Waals surface area contributed by atoms with Crippen LogP contribution in [0.15, 0.2) is 29.2 Å². The molecule has 4 nitrogen and oxygen atoms in total. The molecule has 1 aliphatic heterocycles. The lowest BCUT2D eigenvalue weighted by Crippen LogP contribution is -2.32. The lowest BCUT2D eigenvalue weighted by atomic mass is 10.2. The number of carbonyl (C=O) groups is 1. The number of carbonyl (C=O) groups excluding carboxylic acids is 1. The molecule has 1 aliphatic rings. The maximum atomic E-state index is 11.6. The van der Waals surface area contributed by atoms with Crippen molar-refractivity contribution in [3.05, 3.63) is 24.3 Å². The van der Waals surface area contributed by atoms with Crippen LogP contribution in [0.3, 0.4) is 0 Å². The van der Waals surface area contributed by atoms with Crippen LogP contribution in [-0.4, -0.2) is 36.0 Å². The lowest BCUT2D eigenvalue weighted by Gasteiger charge is -2.10. The molecule has 1 amide bonds. The fraction of sp³-hybridized carbons (Fsp3) is 0.462. The Morgan fingerprint density at radius 1 is 1.56 bits per heavy atom. The molecule has 18 heavy (non-hydrogen) atoms. The highest BCUT2D eigenvalue weighted by molar-refractivity contribution is 8.00. The van der Waals surface area contributed by atoms with Gasteiger partial charge in [-0.25, -0.2) is 0 Å². The van der Waals surface area contributed by atoms with Crippen LogP contribution in [-0.2, 0) is 9.53 Å². The molecule has 0 bridgehead atoms. The standard InChI is InChI=1S/C13H17NO3S/c15-10-3-1-5-12(7-10)18-9-13(16)14-8-11-4-2-6-17-11/h1,3,5,7,11,15H,2,4,6,8-9H2,(H,14,16). The number of rotatable bonds is 5. The summed E-state index contributed by atoms with van der Waals surface area (Å²) < 4.78 is 5.43. The van der Waals surface area contributed by atoms with E-state index in [0.717, 1.165) is 24.3 Å². The summed E-state index contributed by atoms with van der Waals surface area (Å²) in [6.45, 7) is 1.40. The van der Waals surface area contributed by atoms with E-state index in [1.54, 1.807) is 18.2 Å². The number of benzene rings is 1. The minimum atomic E-state index is -0.00107. The molecule has 1 aromatic rings. The molecule has 2 rings (SSSR count). The monoisotopic (exact) mass is 267 g/mol. The third kappa shape index (κ3) is 4.23. The van der Waals surface area contributed by atoms with Crippen LogP contribution in [0, 0.1) is 0 Å². The van der Waals surface area contributed by atoms with Gasteiger partial charge in [-0.3, -0.25) is 4.79 Å². The maximum absolute atomic E-state index is 11.6. The Morgan fingerprint density at radius 2 is 2.44 bits per heavy atom. The Balaban J connectivity index is 1.68. The molecule has 0 saturated carbocycles. The molecule has 2 N–H and O–H groups in total. The highest BCUT2D eigenvalue weighted by Gasteiger charge is 2.15. The molecule has 1 atom stereocenters. The van der Waals surface area contributed by atoms with E-state index < -0.39 is 0 Å². The summed E-state index contributed by atoms with van der Waals surface area (Å²) >= 11 is 1.41. The van der Waals surface area contributed by atoms with Crippen molar-refractivity contribution >= 4 is 17.7 Å². The number of aromatic hydroxyl groups is 1. The average Bonchev–Trinajstić information content (AvgIpc) is 2.87. The summed E-state index contributed by atoms with van der Waals surface area (Å²) in [5.41, 5.74) is 0. The molecule has 1 saturated heterocycles. The molecular formula is C13H17NO3S. The Labute approximate surface area is 111 Å². The second-order valence-corrected chi connectivity index (χ2v) is 5.27. The maximum Gasteiger partial charge on any atom is 0.230 e. The van der Waals surface area contributed by atoms with Gasteiger partial charge in [-0.15, -0.1) is 11.8 Å². The molecule has 98 valence electrons. The summed E-state index contributed by atoms with van der Waals surface area (Å²) in [4.78, 5) is 12.5. The summed E-state index contributed by atoms with van der Waals surface area (Å²) in [6, 6.07) is 6.90. The van der Waals surface area contributed by atoms with E-state index in [4.69, 9.17) is 4.74 Å². The zero-order chi connectivity index (χ0) is 12.8. The van der Waals surface area contributed by atoms with Crippen LogP contribution >= 0.6 is 11.8 Å². The van der Waals surface area contributed by atoms with Gasteiger partial charge in [0.25, 0.3) is 0 Å². The van der Waals surface area contributed by atoms with Gasteiger partial charge in [-0.05, 0) is 31.0 Å². The summed E-state index contributed by atoms with van der Waals surface area (Å²) in [5.74, 6) is 0.578. The van der Waals surface area contributed by atoms with E-state index in [0.29, 0.717) is 12.3 Å². The fourth-order valence-corrected chi connectivity index (χ4v) is 2.58. The second kappa shape index (κ2) is 6.66. The molecule has 0 spiro atoms. The number of thioether (sulfide) groups is 1. The minimum Gasteiger partial charge on any atom is -0.508 e. The Kier molecular flexibility index (Phi) is 4.90. The predicted octanol–water partition coefficient (Wildman–Crippen LogP) is 1.78. The molecular weight excluding hydrogens is 250 g/mol. The molecule has 0 aromatic heterocycles. The number of nitrogens with one attached hydrogen (secondary N) is 1. The first-order valence-electron chi connectivity index (χ1n) is 6.04. The van der Waals surface area contributed by atoms with E-state index in [-0.39, 0.29) is 17.8 Å². The zero-order valence-electron chi connectivity index (χ0n) is 10.1. The van der Waals surface area contributed by atoms with Crippen molar-refractivity contribution < 1.29 is 14.6 Å². The Morgan fingerprint density at radius 3 is 3.17 bits per heavy atom. The first-order chi connectivity index (χ1) is 8.74. The van der Waals surface area contributed by atoms with Crippen molar-refractivity contribution in [3.63, 3.8) is 0 Å². The average molecular weight is 267 g/mol. The molecule has 0 radical (unpaired) electrons. The summed E-state index contributed by atoms with van der Waals surface area (Å²) in [5, 5.41) is 12.2. The minimum absolute atomic E-state index is 0.00107. The summed E-state index contributed by atoms with van der Waals surface area (Å²) in [6.07, 6.45) is 2.29. The van der Waals surface area contributed by atoms with Crippen molar-refractivity contribution in [1.29, 1.82) is 0 Å². The van der Waals surface area contributed by atoms with E-state index in [1.807, 2.05) is 6.07 Å². The summed E-state index contributed by atoms with van der Waals surface area (Å²) in [7, 11) is 0. The number of hydrogen-bond donors (Lipinski definition) is 2. The number of hydrogen-bond acceptors (Lipinski definition) is 4. The Bertz CT molecular complexity index is 405. The largest absolute Gasteiger partial charge is 0.508 e. The highest BCUT2D eigenvalue weighted by atomic mass is 32.2. The third-order valence-corrected chi connectivity index (χ3v) is 3.73. The van der Waals surface area contributed by atoms with Crippen molar-refractivity contribution in [2.45, 2.75) is 23.8 Å². The Hall–Kier alpha value is -1.20. The van der Waals surface area contributed by atoms with E-state index in [2.05, 4.69) is 5.32 Å². The van der Waals surface area contributed by atoms with Gasteiger partial charge < -0.3 is 15.2 Å². The van der Waals surface area contributed by atoms with Gasteiger partial charge in [0.05, 0.1) is 11.9 Å². The normalized spacial score (nSPS) is 18.8. The highest BCUT2D eigenvalue weighted by Crippen LogP contribution is 2.21. The molecule has 1 fully saturated rings. The van der Waals surface area contributed by atoms with Crippen molar-refractivity contribution in [3.8, 4) is 5.75 Å². The smallest absolute Gasteiger partial charge is 0.230 e. The number of amides is 1. The molecule has 0 aliphatic carbocycles. The SMILES string of the molecule is O=C(CSc1cccc(O)c1)NCC1CCCO1. The van der Waals surface area contributed by atoms with Gasteiger partial charge in [0.15, 0.2) is 0 Å². The first-order valence-corrected chi connectivity index (χ1v) is 7.03. The molecule has 1 aromatic carbocycles. The number of phenolic OH excluding ortho intramolecular Hbond substituents is 1. The van der Waals surface area contributed by atoms with Gasteiger partial charge in [-0.2, -0.15) is 0 Å². The topological polar surface area (TPSA) is 58.6 Å². The third-order valence-electron chi connectivity index (χ3n) is 2.74. The molecule has 1 heterocycles. The lowest BCUT2D eigenvalue weighted by molar-refractivity contribution is -0.119. The first kappa shape index (κ1) is 13.2. The quantitative estimate of drug-likeness (QED) is 0.798. The van der Waals surface area contributed by atoms with Gasteiger partial charge >= 0.3 is 0 Å². The number of ether oxygens (including phenoxy) is 1. The van der Waals surface area contributed by atoms with E-state index >= 15 is 0 Å². The van der Waals surface area contributed by atoms with Gasteiger partial charge in [0.1, 0.15) is 5.75 Å². The second-order valence-electron chi connectivity index (χ2n) is 4.23. The van der Waals surface area contributed by atoms with E-state index in [1.165, 1.54) is 11.8 Å². The molecule has 5 heteroatoms.